The lowest BCUT2D eigenvalue weighted by atomic mass is 10.0. The maximum Gasteiger partial charge on any atom is 0.244 e. The summed E-state index contributed by atoms with van der Waals surface area (Å²) < 4.78 is 23.1. The van der Waals surface area contributed by atoms with Crippen LogP contribution in [0.2, 0.25) is 10.0 Å². The smallest absolute Gasteiger partial charge is 0.244 e. The molecule has 1 unspecified atom stereocenters. The first kappa shape index (κ1) is 21.0. The predicted octanol–water partition coefficient (Wildman–Crippen LogP) is 3.00. The third kappa shape index (κ3) is 6.14. The van der Waals surface area contributed by atoms with Gasteiger partial charge in [0.2, 0.25) is 11.8 Å². The molecule has 1 aliphatic rings. The van der Waals surface area contributed by atoms with Gasteiger partial charge in [-0.2, -0.15) is 0 Å². The molecule has 2 amide bonds. The number of anilines is 1. The van der Waals surface area contributed by atoms with E-state index in [1.807, 2.05) is 6.92 Å². The van der Waals surface area contributed by atoms with E-state index in [9.17, 15) is 18.0 Å². The van der Waals surface area contributed by atoms with Gasteiger partial charge in [-0.15, -0.1) is 0 Å². The van der Waals surface area contributed by atoms with Crippen LogP contribution in [0, 0.1) is 5.92 Å². The second-order valence-corrected chi connectivity index (χ2v) is 9.53. The van der Waals surface area contributed by atoms with Crippen molar-refractivity contribution in [3.8, 4) is 0 Å². The van der Waals surface area contributed by atoms with Crippen LogP contribution in [0.3, 0.4) is 0 Å². The van der Waals surface area contributed by atoms with Crippen molar-refractivity contribution < 1.29 is 18.0 Å². The Hall–Kier alpha value is -1.31. The maximum absolute atomic E-state index is 12.5. The van der Waals surface area contributed by atoms with Crippen LogP contribution in [-0.4, -0.2) is 49.7 Å². The Labute approximate surface area is 163 Å². The molecular weight excluding hydrogens is 399 g/mol. The highest BCUT2D eigenvalue weighted by molar-refractivity contribution is 7.91. The van der Waals surface area contributed by atoms with Gasteiger partial charge in [0.25, 0.3) is 0 Å². The lowest BCUT2D eigenvalue weighted by molar-refractivity contribution is -0.135. The zero-order chi connectivity index (χ0) is 19.3. The Morgan fingerprint density at radius 3 is 2.65 bits per heavy atom. The van der Waals surface area contributed by atoms with E-state index in [1.54, 1.807) is 12.1 Å². The fourth-order valence-corrected chi connectivity index (χ4v) is 5.13. The Balaban J connectivity index is 1.97. The minimum absolute atomic E-state index is 0.0447. The summed E-state index contributed by atoms with van der Waals surface area (Å²) in [6, 6.07) is 4.73. The summed E-state index contributed by atoms with van der Waals surface area (Å²) in [4.78, 5) is 26.3. The first-order chi connectivity index (χ1) is 12.2. The molecule has 1 N–H and O–H groups in total. The van der Waals surface area contributed by atoms with Gasteiger partial charge < -0.3 is 10.2 Å². The van der Waals surface area contributed by atoms with Gasteiger partial charge >= 0.3 is 0 Å². The zero-order valence-electron chi connectivity index (χ0n) is 14.5. The standard InChI is InChI=1S/C17H22Cl2N2O4S/c1-2-6-21(17(23)8-12-5-7-26(24,25)11-12)10-16(22)20-15-9-13(18)3-4-14(15)19/h3-4,9,12H,2,5-8,10-11H2,1H3,(H,20,22). The van der Waals surface area contributed by atoms with Crippen LogP contribution in [-0.2, 0) is 19.4 Å². The van der Waals surface area contributed by atoms with E-state index in [-0.39, 0.29) is 42.2 Å². The number of benzene rings is 1. The molecule has 1 aliphatic heterocycles. The summed E-state index contributed by atoms with van der Waals surface area (Å²) in [6.07, 6.45) is 1.34. The minimum atomic E-state index is -3.03. The van der Waals surface area contributed by atoms with Crippen molar-refractivity contribution in [2.45, 2.75) is 26.2 Å². The van der Waals surface area contributed by atoms with E-state index < -0.39 is 9.84 Å². The molecule has 0 saturated carbocycles. The topological polar surface area (TPSA) is 83.6 Å². The van der Waals surface area contributed by atoms with Gasteiger partial charge in [-0.25, -0.2) is 8.42 Å². The number of carbonyl (C=O) groups excluding carboxylic acids is 2. The molecule has 0 bridgehead atoms. The van der Waals surface area contributed by atoms with Crippen molar-refractivity contribution in [2.75, 3.05) is 29.9 Å². The molecule has 1 heterocycles. The highest BCUT2D eigenvalue weighted by Gasteiger charge is 2.31. The molecular formula is C17H22Cl2N2O4S. The van der Waals surface area contributed by atoms with Gasteiger partial charge in [0, 0.05) is 18.0 Å². The SMILES string of the molecule is CCCN(CC(=O)Nc1cc(Cl)ccc1Cl)C(=O)CC1CCS(=O)(=O)C1. The number of hydrogen-bond acceptors (Lipinski definition) is 4. The molecule has 2 rings (SSSR count). The Morgan fingerprint density at radius 1 is 1.31 bits per heavy atom. The Bertz CT molecular complexity index is 783. The lowest BCUT2D eigenvalue weighted by Gasteiger charge is -2.23. The molecule has 1 fully saturated rings. The van der Waals surface area contributed by atoms with Crippen molar-refractivity contribution in [1.82, 2.24) is 4.90 Å². The molecule has 1 aromatic carbocycles. The fraction of sp³-hybridized carbons (Fsp3) is 0.529. The number of rotatable bonds is 7. The zero-order valence-corrected chi connectivity index (χ0v) is 16.8. The summed E-state index contributed by atoms with van der Waals surface area (Å²) in [7, 11) is -3.03. The van der Waals surface area contributed by atoms with Crippen LogP contribution in [0.1, 0.15) is 26.2 Å². The van der Waals surface area contributed by atoms with E-state index in [2.05, 4.69) is 5.32 Å². The molecule has 1 saturated heterocycles. The third-order valence-electron chi connectivity index (χ3n) is 4.17. The molecule has 1 aromatic rings. The normalized spacial score (nSPS) is 18.5. The van der Waals surface area contributed by atoms with Crippen LogP contribution in [0.5, 0.6) is 0 Å². The van der Waals surface area contributed by atoms with Gasteiger partial charge in [0.05, 0.1) is 28.8 Å². The minimum Gasteiger partial charge on any atom is -0.333 e. The average molecular weight is 421 g/mol. The van der Waals surface area contributed by atoms with E-state index in [4.69, 9.17) is 23.2 Å². The third-order valence-corrected chi connectivity index (χ3v) is 6.57. The Kier molecular flexibility index (Phi) is 7.32. The van der Waals surface area contributed by atoms with Crippen molar-refractivity contribution in [3.63, 3.8) is 0 Å². The van der Waals surface area contributed by atoms with Gasteiger partial charge in [-0.3, -0.25) is 9.59 Å². The van der Waals surface area contributed by atoms with Crippen LogP contribution in [0.25, 0.3) is 0 Å². The summed E-state index contributed by atoms with van der Waals surface area (Å²) in [5.41, 5.74) is 0.384. The number of hydrogen-bond donors (Lipinski definition) is 1. The van der Waals surface area contributed by atoms with Crippen LogP contribution >= 0.6 is 23.2 Å². The number of carbonyl (C=O) groups is 2. The maximum atomic E-state index is 12.5. The number of amides is 2. The van der Waals surface area contributed by atoms with Crippen LogP contribution in [0.4, 0.5) is 5.69 Å². The predicted molar refractivity (Wildman–Crippen MR) is 103 cm³/mol. The summed E-state index contributed by atoms with van der Waals surface area (Å²) in [6.45, 7) is 2.22. The number of sulfone groups is 1. The van der Waals surface area contributed by atoms with Crippen LogP contribution in [0.15, 0.2) is 18.2 Å². The van der Waals surface area contributed by atoms with Gasteiger partial charge in [0.1, 0.15) is 0 Å². The second-order valence-electron chi connectivity index (χ2n) is 6.46. The largest absolute Gasteiger partial charge is 0.333 e. The van der Waals surface area contributed by atoms with E-state index in [0.717, 1.165) is 0 Å². The first-order valence-corrected chi connectivity index (χ1v) is 11.0. The van der Waals surface area contributed by atoms with E-state index in [0.29, 0.717) is 35.1 Å². The number of nitrogens with zero attached hydrogens (tertiary/aromatic N) is 1. The fourth-order valence-electron chi connectivity index (χ4n) is 2.93. The first-order valence-electron chi connectivity index (χ1n) is 8.43. The lowest BCUT2D eigenvalue weighted by Crippen LogP contribution is -2.39. The number of halogens is 2. The summed E-state index contributed by atoms with van der Waals surface area (Å²) in [5, 5.41) is 3.45. The molecule has 6 nitrogen and oxygen atoms in total. The molecule has 0 radical (unpaired) electrons. The summed E-state index contributed by atoms with van der Waals surface area (Å²) >= 11 is 11.9. The monoisotopic (exact) mass is 420 g/mol. The second kappa shape index (κ2) is 9.06. The molecule has 0 aromatic heterocycles. The van der Waals surface area contributed by atoms with Gasteiger partial charge in [0.15, 0.2) is 9.84 Å². The summed E-state index contributed by atoms with van der Waals surface area (Å²) in [5.74, 6) is -0.580. The van der Waals surface area contributed by atoms with E-state index in [1.165, 1.54) is 11.0 Å². The van der Waals surface area contributed by atoms with Crippen molar-refractivity contribution in [3.05, 3.63) is 28.2 Å². The molecule has 0 aliphatic carbocycles. The quantitative estimate of drug-likeness (QED) is 0.734. The van der Waals surface area contributed by atoms with Gasteiger partial charge in [-0.05, 0) is 37.0 Å². The molecule has 1 atom stereocenters. The highest BCUT2D eigenvalue weighted by Crippen LogP contribution is 2.25. The van der Waals surface area contributed by atoms with Crippen molar-refractivity contribution >= 4 is 50.5 Å². The highest BCUT2D eigenvalue weighted by atomic mass is 35.5. The van der Waals surface area contributed by atoms with Gasteiger partial charge in [-0.1, -0.05) is 30.1 Å². The van der Waals surface area contributed by atoms with E-state index >= 15 is 0 Å². The molecule has 26 heavy (non-hydrogen) atoms. The van der Waals surface area contributed by atoms with Crippen molar-refractivity contribution in [1.29, 1.82) is 0 Å². The molecule has 0 spiro atoms. The molecule has 9 heteroatoms. The number of nitrogens with one attached hydrogen (secondary N) is 1. The Morgan fingerprint density at radius 2 is 2.04 bits per heavy atom. The van der Waals surface area contributed by atoms with Crippen LogP contribution < -0.4 is 5.32 Å². The van der Waals surface area contributed by atoms with Crippen molar-refractivity contribution in [2.24, 2.45) is 5.92 Å². The molecule has 144 valence electrons. The average Bonchev–Trinajstić information content (AvgIpc) is 2.89.